The number of aromatic nitrogens is 4. The van der Waals surface area contributed by atoms with Gasteiger partial charge in [0.05, 0.1) is 25.3 Å². The summed E-state index contributed by atoms with van der Waals surface area (Å²) in [5.74, 6) is -1.13. The number of benzene rings is 4. The normalized spacial score (nSPS) is 15.2. The molecule has 0 amide bonds. The molecule has 2 aliphatic heterocycles. The van der Waals surface area contributed by atoms with Gasteiger partial charge in [-0.15, -0.1) is 0 Å². The quantitative estimate of drug-likeness (QED) is 0.106. The number of rotatable bonds is 11. The molecule has 17 heteroatoms. The van der Waals surface area contributed by atoms with Crippen molar-refractivity contribution < 1.29 is 38.1 Å². The summed E-state index contributed by atoms with van der Waals surface area (Å²) in [7, 11) is 3.00. The standard InChI is InChI=1S/C22H19ClFN3O3.C18H13Cl2FN2O.C4H7NO2/c1-30-18-6-5-15(20(24)19(18)14-3-2-4-16(23)10-14)9-13-11-25-22(26-12-13)27-8-7-17(27)21(28)29;1-24-15-6-5-13(7-11-9-22-18(20)23-10-11)17(21)16(15)12-3-2-4-14(19)8-12;6-4(7)3-1-2-5-3/h2-6,10-12,17H,7-9H2,1H3,(H,28,29);2-6,8-10H,7H2,1H3;3,5H,1-2H2,(H,6,7). The van der Waals surface area contributed by atoms with E-state index in [9.17, 15) is 9.59 Å². The number of methoxy groups -OCH3 is 2. The molecule has 8 rings (SSSR count). The van der Waals surface area contributed by atoms with Gasteiger partial charge in [-0.25, -0.2) is 33.5 Å². The maximum Gasteiger partial charge on any atom is 0.326 e. The van der Waals surface area contributed by atoms with Gasteiger partial charge in [-0.05, 0) is 101 Å². The van der Waals surface area contributed by atoms with E-state index in [0.29, 0.717) is 85.8 Å². The Morgan fingerprint density at radius 2 is 1.20 bits per heavy atom. The highest BCUT2D eigenvalue weighted by Crippen LogP contribution is 2.37. The lowest BCUT2D eigenvalue weighted by molar-refractivity contribution is -0.141. The number of halogens is 5. The molecule has 2 atom stereocenters. The van der Waals surface area contributed by atoms with Crippen LogP contribution in [-0.2, 0) is 22.4 Å². The van der Waals surface area contributed by atoms with Crippen molar-refractivity contribution in [3.05, 3.63) is 147 Å². The first-order valence-electron chi connectivity index (χ1n) is 18.8. The fourth-order valence-corrected chi connectivity index (χ4v) is 6.96. The molecule has 2 fully saturated rings. The molecule has 2 aromatic heterocycles. The van der Waals surface area contributed by atoms with Crippen molar-refractivity contribution in [1.82, 2.24) is 25.3 Å². The lowest BCUT2D eigenvalue weighted by Gasteiger charge is -2.37. The van der Waals surface area contributed by atoms with E-state index in [2.05, 4.69) is 25.3 Å². The zero-order valence-corrected chi connectivity index (χ0v) is 35.1. The topological polar surface area (TPSA) is 160 Å². The van der Waals surface area contributed by atoms with Crippen LogP contribution >= 0.6 is 34.8 Å². The minimum atomic E-state index is -0.886. The number of nitrogens with zero attached hydrogens (tertiary/aromatic N) is 5. The summed E-state index contributed by atoms with van der Waals surface area (Å²) in [4.78, 5) is 39.1. The number of carbonyl (C=O) groups is 2. The third kappa shape index (κ3) is 11.1. The first-order valence-corrected chi connectivity index (χ1v) is 20.0. The zero-order valence-electron chi connectivity index (χ0n) is 32.8. The van der Waals surface area contributed by atoms with Crippen LogP contribution in [0.4, 0.5) is 14.7 Å². The van der Waals surface area contributed by atoms with Gasteiger partial charge in [0.15, 0.2) is 0 Å². The number of aliphatic carboxylic acids is 2. The van der Waals surface area contributed by atoms with Gasteiger partial charge in [0.1, 0.15) is 35.2 Å². The molecule has 4 aromatic carbocycles. The first kappa shape index (κ1) is 44.6. The van der Waals surface area contributed by atoms with Crippen LogP contribution in [0, 0.1) is 11.6 Å². The molecule has 0 aliphatic carbocycles. The van der Waals surface area contributed by atoms with Crippen LogP contribution in [0.25, 0.3) is 22.3 Å². The molecule has 2 saturated heterocycles. The summed E-state index contributed by atoms with van der Waals surface area (Å²) in [6.45, 7) is 1.46. The molecule has 6 aromatic rings. The fourth-order valence-electron chi connectivity index (χ4n) is 6.48. The molecule has 0 radical (unpaired) electrons. The Bertz CT molecular complexity index is 2500. The average molecular weight is 892 g/mol. The third-order valence-electron chi connectivity index (χ3n) is 9.87. The van der Waals surface area contributed by atoms with Crippen LogP contribution in [0.1, 0.15) is 35.1 Å². The smallest absolute Gasteiger partial charge is 0.326 e. The van der Waals surface area contributed by atoms with Gasteiger partial charge >= 0.3 is 11.9 Å². The predicted octanol–water partition coefficient (Wildman–Crippen LogP) is 8.82. The molecule has 2 unspecified atom stereocenters. The van der Waals surface area contributed by atoms with Crippen molar-refractivity contribution in [2.45, 2.75) is 37.8 Å². The first-order chi connectivity index (χ1) is 29.4. The van der Waals surface area contributed by atoms with E-state index in [1.807, 2.05) is 0 Å². The third-order valence-corrected chi connectivity index (χ3v) is 10.5. The summed E-state index contributed by atoms with van der Waals surface area (Å²) in [5, 5.41) is 21.3. The van der Waals surface area contributed by atoms with Crippen LogP contribution < -0.4 is 19.7 Å². The highest BCUT2D eigenvalue weighted by molar-refractivity contribution is 6.31. The molecule has 0 saturated carbocycles. The lowest BCUT2D eigenvalue weighted by atomic mass is 9.98. The molecule has 12 nitrogen and oxygen atoms in total. The van der Waals surface area contributed by atoms with Crippen LogP contribution in [0.3, 0.4) is 0 Å². The Labute approximate surface area is 365 Å². The molecular weight excluding hydrogens is 853 g/mol. The molecule has 3 N–H and O–H groups in total. The molecular formula is C44H39Cl3F2N6O6. The van der Waals surface area contributed by atoms with Gasteiger partial charge in [-0.3, -0.25) is 4.79 Å². The van der Waals surface area contributed by atoms with Crippen LogP contribution in [0.5, 0.6) is 11.5 Å². The van der Waals surface area contributed by atoms with E-state index >= 15 is 8.78 Å². The highest BCUT2D eigenvalue weighted by Gasteiger charge is 2.35. The molecule has 0 spiro atoms. The SMILES string of the molecule is COc1ccc(Cc2cnc(Cl)nc2)c(F)c1-c1cccc(Cl)c1.COc1ccc(Cc2cnc(N3CCC3C(=O)O)nc2)c(F)c1-c1cccc(Cl)c1.O=C(O)C1CCN1. The minimum Gasteiger partial charge on any atom is -0.496 e. The van der Waals surface area contributed by atoms with Crippen molar-refractivity contribution >= 4 is 52.7 Å². The Morgan fingerprint density at radius 1 is 0.721 bits per heavy atom. The summed E-state index contributed by atoms with van der Waals surface area (Å²) in [5.41, 5.74) is 4.47. The number of anilines is 1. The molecule has 61 heavy (non-hydrogen) atoms. The van der Waals surface area contributed by atoms with Gasteiger partial charge in [-0.1, -0.05) is 59.6 Å². The van der Waals surface area contributed by atoms with E-state index in [1.165, 1.54) is 14.2 Å². The summed E-state index contributed by atoms with van der Waals surface area (Å²) < 4.78 is 41.2. The number of hydrogen-bond acceptors (Lipinski definition) is 10. The van der Waals surface area contributed by atoms with Crippen molar-refractivity contribution in [2.24, 2.45) is 0 Å². The Hall–Kier alpha value is -5.93. The Kier molecular flexibility index (Phi) is 15.0. The minimum absolute atomic E-state index is 0.161. The second-order valence-electron chi connectivity index (χ2n) is 13.8. The van der Waals surface area contributed by atoms with E-state index < -0.39 is 23.8 Å². The van der Waals surface area contributed by atoms with Crippen LogP contribution in [0.2, 0.25) is 15.3 Å². The number of carboxylic acid groups (broad SMARTS) is 2. The summed E-state index contributed by atoms with van der Waals surface area (Å²) >= 11 is 17.8. The zero-order chi connectivity index (χ0) is 43.6. The maximum atomic E-state index is 15.4. The number of ether oxygens (including phenoxy) is 2. The number of carboxylic acids is 2. The van der Waals surface area contributed by atoms with Gasteiger partial charge < -0.3 is 29.9 Å². The molecule has 4 heterocycles. The van der Waals surface area contributed by atoms with E-state index in [4.69, 9.17) is 54.5 Å². The maximum absolute atomic E-state index is 15.4. The molecule has 0 bridgehead atoms. The summed E-state index contributed by atoms with van der Waals surface area (Å²) in [6.07, 6.45) is 8.35. The fraction of sp³-hybridized carbons (Fsp3) is 0.227. The highest BCUT2D eigenvalue weighted by atomic mass is 35.5. The van der Waals surface area contributed by atoms with E-state index in [-0.39, 0.29) is 23.6 Å². The predicted molar refractivity (Wildman–Crippen MR) is 229 cm³/mol. The monoisotopic (exact) mass is 890 g/mol. The van der Waals surface area contributed by atoms with Crippen LogP contribution in [0.15, 0.2) is 97.6 Å². The van der Waals surface area contributed by atoms with E-state index in [1.54, 1.807) is 102 Å². The van der Waals surface area contributed by atoms with Crippen LogP contribution in [-0.4, -0.2) is 81.5 Å². The Morgan fingerprint density at radius 3 is 1.54 bits per heavy atom. The van der Waals surface area contributed by atoms with Gasteiger partial charge in [-0.2, -0.15) is 0 Å². The van der Waals surface area contributed by atoms with Gasteiger partial charge in [0, 0.05) is 54.2 Å². The van der Waals surface area contributed by atoms with Crippen molar-refractivity contribution in [3.63, 3.8) is 0 Å². The second-order valence-corrected chi connectivity index (χ2v) is 15.0. The average Bonchev–Trinajstić information content (AvgIpc) is 3.19. The van der Waals surface area contributed by atoms with E-state index in [0.717, 1.165) is 18.5 Å². The van der Waals surface area contributed by atoms with Crippen molar-refractivity contribution in [2.75, 3.05) is 32.2 Å². The van der Waals surface area contributed by atoms with Crippen molar-refractivity contribution in [3.8, 4) is 33.8 Å². The Balaban J connectivity index is 0.000000179. The van der Waals surface area contributed by atoms with Gasteiger partial charge in [0.2, 0.25) is 11.2 Å². The second kappa shape index (κ2) is 20.6. The number of hydrogen-bond donors (Lipinski definition) is 3. The molecule has 2 aliphatic rings. The molecule has 316 valence electrons. The summed E-state index contributed by atoms with van der Waals surface area (Å²) in [6, 6.07) is 20.0. The number of nitrogens with one attached hydrogen (secondary N) is 1. The van der Waals surface area contributed by atoms with Crippen molar-refractivity contribution in [1.29, 1.82) is 0 Å². The largest absolute Gasteiger partial charge is 0.496 e. The van der Waals surface area contributed by atoms with Gasteiger partial charge in [0.25, 0.3) is 0 Å². The lowest BCUT2D eigenvalue weighted by Crippen LogP contribution is -2.53.